The maximum absolute atomic E-state index is 11.1. The highest BCUT2D eigenvalue weighted by Crippen LogP contribution is 2.03. The summed E-state index contributed by atoms with van der Waals surface area (Å²) < 4.78 is 23.4. The van der Waals surface area contributed by atoms with Crippen LogP contribution in [0.15, 0.2) is 0 Å². The van der Waals surface area contributed by atoms with Crippen LogP contribution in [-0.4, -0.2) is 42.2 Å². The van der Waals surface area contributed by atoms with Gasteiger partial charge in [-0.2, -0.15) is 0 Å². The molecule has 0 saturated heterocycles. The zero-order valence-electron chi connectivity index (χ0n) is 7.20. The van der Waals surface area contributed by atoms with Gasteiger partial charge in [0.25, 0.3) is 0 Å². The highest BCUT2D eigenvalue weighted by Gasteiger charge is 2.15. The van der Waals surface area contributed by atoms with E-state index in [0.717, 1.165) is 0 Å². The van der Waals surface area contributed by atoms with E-state index >= 15 is 0 Å². The summed E-state index contributed by atoms with van der Waals surface area (Å²) in [6.07, 6.45) is 0.000834. The molecule has 0 aliphatic heterocycles. The smallest absolute Gasteiger partial charge is 0.223 e. The number of hydrogen-bond acceptors (Lipinski definition) is 3. The van der Waals surface area contributed by atoms with Crippen LogP contribution in [0.25, 0.3) is 0 Å². The molecule has 0 aliphatic rings. The van der Waals surface area contributed by atoms with Gasteiger partial charge in [-0.25, -0.2) is 12.7 Å². The first kappa shape index (κ1) is 12.3. The average molecular weight is 260 g/mol. The van der Waals surface area contributed by atoms with Gasteiger partial charge in [0, 0.05) is 13.6 Å². The molecule has 0 bridgehead atoms. The van der Waals surface area contributed by atoms with Crippen molar-refractivity contribution in [2.24, 2.45) is 0 Å². The second-order valence-electron chi connectivity index (χ2n) is 2.68. The Hall–Kier alpha value is 0.350. The Morgan fingerprint density at radius 2 is 2.08 bits per heavy atom. The largest absolute Gasteiger partial charge is 0.393 e. The summed E-state index contributed by atoms with van der Waals surface area (Å²) in [5.74, 6) is 0. The number of rotatable bonds is 5. The summed E-state index contributed by atoms with van der Waals surface area (Å²) >= 11 is 2.89. The number of aliphatic hydroxyl groups excluding tert-OH is 1. The second kappa shape index (κ2) is 5.16. The summed E-state index contributed by atoms with van der Waals surface area (Å²) in [5, 5.41) is 8.91. The second-order valence-corrected chi connectivity index (χ2v) is 6.06. The number of sulfonamides is 1. The molecular weight excluding hydrogens is 246 g/mol. The normalized spacial score (nSPS) is 15.1. The van der Waals surface area contributed by atoms with Crippen LogP contribution in [0.3, 0.4) is 0 Å². The number of hydrogen-bond donors (Lipinski definition) is 1. The van der Waals surface area contributed by atoms with E-state index in [1.807, 2.05) is 0 Å². The van der Waals surface area contributed by atoms with Gasteiger partial charge in [0.05, 0.1) is 6.10 Å². The first-order chi connectivity index (χ1) is 5.40. The maximum Gasteiger partial charge on any atom is 0.223 e. The highest BCUT2D eigenvalue weighted by atomic mass is 79.9. The molecule has 0 aromatic rings. The minimum absolute atomic E-state index is 0.0731. The maximum atomic E-state index is 11.1. The molecule has 1 unspecified atom stereocenters. The molecule has 0 fully saturated rings. The quantitative estimate of drug-likeness (QED) is 0.727. The molecule has 0 aliphatic carbocycles. The SMILES string of the molecule is CC(O)CCN(C)S(=O)(=O)CBr. The molecule has 0 saturated carbocycles. The highest BCUT2D eigenvalue weighted by molar-refractivity contribution is 9.10. The van der Waals surface area contributed by atoms with Crippen molar-refractivity contribution in [3.63, 3.8) is 0 Å². The van der Waals surface area contributed by atoms with Crippen LogP contribution in [0.5, 0.6) is 0 Å². The van der Waals surface area contributed by atoms with E-state index in [1.54, 1.807) is 6.92 Å². The zero-order chi connectivity index (χ0) is 9.78. The van der Waals surface area contributed by atoms with Crippen LogP contribution in [-0.2, 0) is 10.0 Å². The third kappa shape index (κ3) is 4.39. The fourth-order valence-electron chi connectivity index (χ4n) is 0.591. The summed E-state index contributed by atoms with van der Waals surface area (Å²) in [6.45, 7) is 1.99. The van der Waals surface area contributed by atoms with Crippen LogP contribution in [0.1, 0.15) is 13.3 Å². The van der Waals surface area contributed by atoms with E-state index in [-0.39, 0.29) is 4.66 Å². The Labute approximate surface area is 81.7 Å². The molecule has 0 amide bonds. The Morgan fingerprint density at radius 1 is 1.58 bits per heavy atom. The Morgan fingerprint density at radius 3 is 2.42 bits per heavy atom. The Bertz CT molecular complexity index is 215. The Kier molecular flexibility index (Phi) is 5.31. The van der Waals surface area contributed by atoms with Gasteiger partial charge >= 0.3 is 0 Å². The van der Waals surface area contributed by atoms with Crippen molar-refractivity contribution in [1.82, 2.24) is 4.31 Å². The molecule has 0 aromatic heterocycles. The van der Waals surface area contributed by atoms with Gasteiger partial charge < -0.3 is 5.11 Å². The van der Waals surface area contributed by atoms with Crippen LogP contribution in [0.4, 0.5) is 0 Å². The van der Waals surface area contributed by atoms with Crippen molar-refractivity contribution in [2.45, 2.75) is 19.4 Å². The van der Waals surface area contributed by atoms with Gasteiger partial charge in [0.15, 0.2) is 0 Å². The number of aliphatic hydroxyl groups is 1. The van der Waals surface area contributed by atoms with Gasteiger partial charge in [-0.3, -0.25) is 0 Å². The number of nitrogens with zero attached hydrogens (tertiary/aromatic N) is 1. The lowest BCUT2D eigenvalue weighted by Crippen LogP contribution is -2.30. The van der Waals surface area contributed by atoms with Crippen molar-refractivity contribution in [3.05, 3.63) is 0 Å². The molecule has 1 N–H and O–H groups in total. The predicted octanol–water partition coefficient (Wildman–Crippen LogP) is 0.371. The van der Waals surface area contributed by atoms with Gasteiger partial charge in [-0.05, 0) is 13.3 Å². The fourth-order valence-corrected chi connectivity index (χ4v) is 2.19. The lowest BCUT2D eigenvalue weighted by molar-refractivity contribution is 0.177. The minimum Gasteiger partial charge on any atom is -0.393 e. The van der Waals surface area contributed by atoms with Crippen LogP contribution >= 0.6 is 15.9 Å². The van der Waals surface area contributed by atoms with E-state index < -0.39 is 16.1 Å². The molecule has 74 valence electrons. The minimum atomic E-state index is -3.15. The van der Waals surface area contributed by atoms with Crippen molar-refractivity contribution in [2.75, 3.05) is 18.3 Å². The first-order valence-corrected chi connectivity index (χ1v) is 6.31. The van der Waals surface area contributed by atoms with Gasteiger partial charge in [-0.15, -0.1) is 0 Å². The van der Waals surface area contributed by atoms with Gasteiger partial charge in [-0.1, -0.05) is 15.9 Å². The third-order valence-corrected chi connectivity index (χ3v) is 4.62. The molecule has 0 heterocycles. The first-order valence-electron chi connectivity index (χ1n) is 3.58. The van der Waals surface area contributed by atoms with Crippen molar-refractivity contribution in [1.29, 1.82) is 0 Å². The molecule has 0 rings (SSSR count). The Balaban J connectivity index is 3.96. The third-order valence-electron chi connectivity index (χ3n) is 1.47. The van der Waals surface area contributed by atoms with E-state index in [1.165, 1.54) is 11.4 Å². The summed E-state index contributed by atoms with van der Waals surface area (Å²) in [5.41, 5.74) is 0. The molecule has 1 atom stereocenters. The average Bonchev–Trinajstić information content (AvgIpc) is 2.00. The van der Waals surface area contributed by atoms with E-state index in [4.69, 9.17) is 5.11 Å². The molecular formula is C6H14BrNO3S. The van der Waals surface area contributed by atoms with Crippen LogP contribution in [0.2, 0.25) is 0 Å². The molecule has 0 spiro atoms. The van der Waals surface area contributed by atoms with E-state index in [0.29, 0.717) is 13.0 Å². The molecule has 0 radical (unpaired) electrons. The fraction of sp³-hybridized carbons (Fsp3) is 1.00. The lowest BCUT2D eigenvalue weighted by atomic mass is 10.3. The predicted molar refractivity (Wildman–Crippen MR) is 51.6 cm³/mol. The van der Waals surface area contributed by atoms with E-state index in [9.17, 15) is 8.42 Å². The van der Waals surface area contributed by atoms with Crippen LogP contribution < -0.4 is 0 Å². The summed E-state index contributed by atoms with van der Waals surface area (Å²) in [7, 11) is -1.66. The molecule has 6 heteroatoms. The topological polar surface area (TPSA) is 57.6 Å². The van der Waals surface area contributed by atoms with Crippen molar-refractivity contribution < 1.29 is 13.5 Å². The zero-order valence-corrected chi connectivity index (χ0v) is 9.60. The molecule has 4 nitrogen and oxygen atoms in total. The number of halogens is 1. The summed E-state index contributed by atoms with van der Waals surface area (Å²) in [4.78, 5) is 0. The van der Waals surface area contributed by atoms with E-state index in [2.05, 4.69) is 15.9 Å². The van der Waals surface area contributed by atoms with Crippen molar-refractivity contribution in [3.8, 4) is 0 Å². The standard InChI is InChI=1S/C6H14BrNO3S/c1-6(9)3-4-8(2)12(10,11)5-7/h6,9H,3-5H2,1-2H3. The summed E-state index contributed by atoms with van der Waals surface area (Å²) in [6, 6.07) is 0. The molecule has 0 aromatic carbocycles. The van der Waals surface area contributed by atoms with Gasteiger partial charge in [0.1, 0.15) is 4.66 Å². The lowest BCUT2D eigenvalue weighted by Gasteiger charge is -2.15. The monoisotopic (exact) mass is 259 g/mol. The number of alkyl halides is 1. The van der Waals surface area contributed by atoms with Crippen LogP contribution in [0, 0.1) is 0 Å². The van der Waals surface area contributed by atoms with Gasteiger partial charge in [0.2, 0.25) is 10.0 Å². The molecule has 12 heavy (non-hydrogen) atoms. The van der Waals surface area contributed by atoms with Crippen molar-refractivity contribution >= 4 is 26.0 Å².